The molecule has 0 spiro atoms. The minimum absolute atomic E-state index is 0.0949. The van der Waals surface area contributed by atoms with Gasteiger partial charge in [-0.3, -0.25) is 4.79 Å². The van der Waals surface area contributed by atoms with Crippen LogP contribution in [0.5, 0.6) is 0 Å². The fraction of sp³-hybridized carbons (Fsp3) is 0.346. The number of benzene rings is 2. The molecule has 178 valence electrons. The van der Waals surface area contributed by atoms with Gasteiger partial charge in [-0.25, -0.2) is 9.59 Å². The van der Waals surface area contributed by atoms with E-state index in [0.717, 1.165) is 22.3 Å². The summed E-state index contributed by atoms with van der Waals surface area (Å²) in [6.07, 6.45) is 1.61. The highest BCUT2D eigenvalue weighted by molar-refractivity contribution is 8.00. The van der Waals surface area contributed by atoms with Crippen LogP contribution in [0.3, 0.4) is 0 Å². The number of nitrogens with one attached hydrogen (secondary N) is 1. The van der Waals surface area contributed by atoms with Gasteiger partial charge in [0.15, 0.2) is 0 Å². The molecule has 0 saturated carbocycles. The summed E-state index contributed by atoms with van der Waals surface area (Å²) in [6.45, 7) is 5.72. The molecule has 0 radical (unpaired) electrons. The van der Waals surface area contributed by atoms with Crippen LogP contribution < -0.4 is 5.32 Å². The molecule has 0 aromatic heterocycles. The molecule has 1 heterocycles. The van der Waals surface area contributed by atoms with Crippen LogP contribution in [-0.4, -0.2) is 57.8 Å². The lowest BCUT2D eigenvalue weighted by atomic mass is 9.98. The number of nitrogens with zero attached hydrogens (tertiary/aromatic N) is 1. The number of amides is 2. The number of fused-ring (bicyclic) bond motifs is 3. The Morgan fingerprint density at radius 1 is 1.18 bits per heavy atom. The Kier molecular flexibility index (Phi) is 7.26. The first-order chi connectivity index (χ1) is 16.5. The van der Waals surface area contributed by atoms with Crippen LogP contribution in [-0.2, 0) is 14.3 Å². The van der Waals surface area contributed by atoms with Crippen LogP contribution in [0.15, 0.2) is 61.2 Å². The summed E-state index contributed by atoms with van der Waals surface area (Å²) in [5.41, 5.74) is 4.45. The van der Waals surface area contributed by atoms with Gasteiger partial charge in [0.1, 0.15) is 18.7 Å². The van der Waals surface area contributed by atoms with Crippen molar-refractivity contribution in [3.8, 4) is 11.1 Å². The van der Waals surface area contributed by atoms with Crippen molar-refractivity contribution in [2.75, 3.05) is 12.4 Å². The Hall–Kier alpha value is -3.26. The Morgan fingerprint density at radius 3 is 2.35 bits per heavy atom. The number of hydrogen-bond acceptors (Lipinski definition) is 5. The first-order valence-electron chi connectivity index (χ1n) is 11.3. The molecule has 1 saturated heterocycles. The molecule has 34 heavy (non-hydrogen) atoms. The molecule has 3 atom stereocenters. The van der Waals surface area contributed by atoms with E-state index in [1.165, 1.54) is 22.7 Å². The Morgan fingerprint density at radius 2 is 1.79 bits per heavy atom. The average Bonchev–Trinajstić information content (AvgIpc) is 3.41. The summed E-state index contributed by atoms with van der Waals surface area (Å²) in [4.78, 5) is 39.1. The van der Waals surface area contributed by atoms with Crippen LogP contribution >= 0.6 is 11.8 Å². The molecule has 0 bridgehead atoms. The minimum Gasteiger partial charge on any atom is -0.480 e. The van der Waals surface area contributed by atoms with Crippen molar-refractivity contribution in [3.63, 3.8) is 0 Å². The van der Waals surface area contributed by atoms with Gasteiger partial charge in [0.2, 0.25) is 5.91 Å². The third-order valence-corrected chi connectivity index (χ3v) is 7.77. The molecule has 7 nitrogen and oxygen atoms in total. The Bertz CT molecular complexity index is 1060. The van der Waals surface area contributed by atoms with Crippen molar-refractivity contribution in [1.29, 1.82) is 0 Å². The molecule has 3 unspecified atom stereocenters. The topological polar surface area (TPSA) is 95.9 Å². The predicted octanol–water partition coefficient (Wildman–Crippen LogP) is 4.23. The second-order valence-electron chi connectivity index (χ2n) is 8.34. The van der Waals surface area contributed by atoms with Gasteiger partial charge in [-0.05, 0) is 35.1 Å². The van der Waals surface area contributed by atoms with E-state index in [1.54, 1.807) is 0 Å². The molecule has 4 rings (SSSR count). The summed E-state index contributed by atoms with van der Waals surface area (Å²) < 4.78 is 5.58. The number of carboxylic acids is 1. The standard InChI is InChI=1S/C26H28N2O5S/c1-3-9-21(24(29)28-22(25(30)31)15-34-23(28)4-2)27-26(32)33-14-20-18-12-7-5-10-16(18)17-11-6-8-13-19(17)20/h3,5-8,10-13,20-23H,1,4,9,14-15H2,2H3,(H,27,32)(H,30,31). The highest BCUT2D eigenvalue weighted by Gasteiger charge is 2.43. The van der Waals surface area contributed by atoms with E-state index in [-0.39, 0.29) is 24.3 Å². The second kappa shape index (κ2) is 10.3. The molecule has 1 aliphatic heterocycles. The van der Waals surface area contributed by atoms with Crippen molar-refractivity contribution in [3.05, 3.63) is 72.3 Å². The highest BCUT2D eigenvalue weighted by Crippen LogP contribution is 2.44. The molecule has 8 heteroatoms. The summed E-state index contributed by atoms with van der Waals surface area (Å²) in [5.74, 6) is -1.25. The maximum atomic E-state index is 13.3. The number of carbonyl (C=O) groups excluding carboxylic acids is 2. The third-order valence-electron chi connectivity index (χ3n) is 6.32. The van der Waals surface area contributed by atoms with E-state index >= 15 is 0 Å². The molecule has 2 aromatic carbocycles. The Labute approximate surface area is 203 Å². The number of aliphatic carboxylic acids is 1. The van der Waals surface area contributed by atoms with Crippen molar-refractivity contribution in [2.45, 2.75) is 43.1 Å². The van der Waals surface area contributed by atoms with E-state index in [1.807, 2.05) is 43.3 Å². The number of hydrogen-bond donors (Lipinski definition) is 2. The lowest BCUT2D eigenvalue weighted by Crippen LogP contribution is -2.54. The van der Waals surface area contributed by atoms with E-state index < -0.39 is 30.1 Å². The maximum Gasteiger partial charge on any atom is 0.407 e. The molecule has 1 aliphatic carbocycles. The third kappa shape index (κ3) is 4.55. The number of carboxylic acid groups (broad SMARTS) is 1. The van der Waals surface area contributed by atoms with Gasteiger partial charge in [-0.1, -0.05) is 61.5 Å². The van der Waals surface area contributed by atoms with Crippen LogP contribution in [0.2, 0.25) is 0 Å². The van der Waals surface area contributed by atoms with Crippen molar-refractivity contribution < 1.29 is 24.2 Å². The molecule has 2 N–H and O–H groups in total. The second-order valence-corrected chi connectivity index (χ2v) is 9.55. The first-order valence-corrected chi connectivity index (χ1v) is 12.4. The van der Waals surface area contributed by atoms with Crippen LogP contribution in [0.25, 0.3) is 11.1 Å². The van der Waals surface area contributed by atoms with Gasteiger partial charge >= 0.3 is 12.1 Å². The zero-order valence-electron chi connectivity index (χ0n) is 19.0. The Balaban J connectivity index is 1.45. The van der Waals surface area contributed by atoms with Crippen molar-refractivity contribution in [1.82, 2.24) is 10.2 Å². The summed E-state index contributed by atoms with van der Waals surface area (Å²) >= 11 is 1.44. The number of rotatable bonds is 8. The van der Waals surface area contributed by atoms with Crippen LogP contribution in [0.1, 0.15) is 36.8 Å². The summed E-state index contributed by atoms with van der Waals surface area (Å²) in [5, 5.41) is 12.0. The van der Waals surface area contributed by atoms with Gasteiger partial charge in [0.05, 0.1) is 5.37 Å². The number of alkyl carbamates (subject to hydrolysis) is 1. The SMILES string of the molecule is C=CCC(NC(=O)OCC1c2ccccc2-c2ccccc21)C(=O)N1C(CC)SCC1C(=O)O. The lowest BCUT2D eigenvalue weighted by Gasteiger charge is -2.30. The van der Waals surface area contributed by atoms with Crippen LogP contribution in [0.4, 0.5) is 4.79 Å². The van der Waals surface area contributed by atoms with Gasteiger partial charge < -0.3 is 20.1 Å². The maximum absolute atomic E-state index is 13.3. The van der Waals surface area contributed by atoms with E-state index in [9.17, 15) is 19.5 Å². The smallest absolute Gasteiger partial charge is 0.407 e. The van der Waals surface area contributed by atoms with E-state index in [4.69, 9.17) is 4.74 Å². The normalized spacial score (nSPS) is 19.7. The molecule has 1 fully saturated rings. The fourth-order valence-corrected chi connectivity index (χ4v) is 6.07. The molecular weight excluding hydrogens is 452 g/mol. The average molecular weight is 481 g/mol. The number of thioether (sulfide) groups is 1. The van der Waals surface area contributed by atoms with Gasteiger partial charge in [0, 0.05) is 11.7 Å². The quantitative estimate of drug-likeness (QED) is 0.549. The molecular formula is C26H28N2O5S. The summed E-state index contributed by atoms with van der Waals surface area (Å²) in [6, 6.07) is 14.2. The largest absolute Gasteiger partial charge is 0.480 e. The fourth-order valence-electron chi connectivity index (χ4n) is 4.71. The number of ether oxygens (including phenoxy) is 1. The first kappa shape index (κ1) is 23.9. The predicted molar refractivity (Wildman–Crippen MR) is 132 cm³/mol. The van der Waals surface area contributed by atoms with Crippen LogP contribution in [0, 0.1) is 0 Å². The lowest BCUT2D eigenvalue weighted by molar-refractivity contribution is -0.149. The van der Waals surface area contributed by atoms with Gasteiger partial charge in [0.25, 0.3) is 0 Å². The molecule has 2 amide bonds. The zero-order chi connectivity index (χ0) is 24.2. The zero-order valence-corrected chi connectivity index (χ0v) is 19.8. The van der Waals surface area contributed by atoms with Crippen molar-refractivity contribution in [2.24, 2.45) is 0 Å². The molecule has 2 aromatic rings. The molecule has 2 aliphatic rings. The van der Waals surface area contributed by atoms with Gasteiger partial charge in [-0.2, -0.15) is 0 Å². The minimum atomic E-state index is -1.05. The van der Waals surface area contributed by atoms with Crippen molar-refractivity contribution >= 4 is 29.7 Å². The van der Waals surface area contributed by atoms with Gasteiger partial charge in [-0.15, -0.1) is 18.3 Å². The monoisotopic (exact) mass is 480 g/mol. The van der Waals surface area contributed by atoms with E-state index in [2.05, 4.69) is 24.0 Å². The highest BCUT2D eigenvalue weighted by atomic mass is 32.2. The number of carbonyl (C=O) groups is 3. The summed E-state index contributed by atoms with van der Waals surface area (Å²) in [7, 11) is 0. The van der Waals surface area contributed by atoms with E-state index in [0.29, 0.717) is 12.2 Å².